The summed E-state index contributed by atoms with van der Waals surface area (Å²) in [5.74, 6) is -1.97. The highest BCUT2D eigenvalue weighted by Crippen LogP contribution is 2.48. The Balaban J connectivity index is 1.36. The number of rotatable bonds is 5. The van der Waals surface area contributed by atoms with Gasteiger partial charge in [0.1, 0.15) is 17.5 Å². The molecule has 0 bridgehead atoms. The van der Waals surface area contributed by atoms with Gasteiger partial charge in [0.15, 0.2) is 0 Å². The molecule has 2 amide bonds. The predicted molar refractivity (Wildman–Crippen MR) is 113 cm³/mol. The monoisotopic (exact) mass is 441 g/mol. The summed E-state index contributed by atoms with van der Waals surface area (Å²) in [6.45, 7) is 0.864. The van der Waals surface area contributed by atoms with E-state index in [1.54, 1.807) is 12.1 Å². The average Bonchev–Trinajstić information content (AvgIpc) is 3.32. The van der Waals surface area contributed by atoms with Crippen LogP contribution < -0.4 is 10.6 Å². The summed E-state index contributed by atoms with van der Waals surface area (Å²) in [6.07, 6.45) is 1.72. The molecule has 0 radical (unpaired) electrons. The first-order chi connectivity index (χ1) is 15.4. The van der Waals surface area contributed by atoms with Crippen LogP contribution in [0, 0.1) is 29.3 Å². The van der Waals surface area contributed by atoms with E-state index in [0.717, 1.165) is 24.5 Å². The van der Waals surface area contributed by atoms with Crippen molar-refractivity contribution in [2.75, 3.05) is 13.1 Å². The first-order valence-electron chi connectivity index (χ1n) is 10.7. The molecule has 1 aliphatic carbocycles. The van der Waals surface area contributed by atoms with Gasteiger partial charge in [-0.3, -0.25) is 9.59 Å². The normalized spacial score (nSPS) is 22.6. The van der Waals surface area contributed by atoms with Gasteiger partial charge in [0.2, 0.25) is 11.8 Å². The molecule has 1 aliphatic heterocycles. The predicted octanol–water partition coefficient (Wildman–Crippen LogP) is 4.00. The summed E-state index contributed by atoms with van der Waals surface area (Å²) in [5, 5.41) is 6.07. The Morgan fingerprint density at radius 3 is 2.50 bits per heavy atom. The van der Waals surface area contributed by atoms with Gasteiger partial charge in [0, 0.05) is 31.0 Å². The van der Waals surface area contributed by atoms with E-state index in [9.17, 15) is 22.8 Å². The highest BCUT2D eigenvalue weighted by molar-refractivity contribution is 5.92. The lowest BCUT2D eigenvalue weighted by Gasteiger charge is -2.36. The second-order valence-electron chi connectivity index (χ2n) is 8.72. The van der Waals surface area contributed by atoms with Crippen molar-refractivity contribution >= 4 is 22.7 Å². The topological polar surface area (TPSA) is 74.0 Å². The second kappa shape index (κ2) is 8.00. The van der Waals surface area contributed by atoms with Crippen molar-refractivity contribution in [3.63, 3.8) is 0 Å². The molecule has 1 atom stereocenters. The molecule has 2 heterocycles. The number of halogens is 3. The number of amides is 2. The zero-order chi connectivity index (χ0) is 22.4. The van der Waals surface area contributed by atoms with Gasteiger partial charge < -0.3 is 15.6 Å². The third kappa shape index (κ3) is 3.74. The number of benzene rings is 2. The zero-order valence-corrected chi connectivity index (χ0v) is 17.2. The van der Waals surface area contributed by atoms with Crippen molar-refractivity contribution in [2.24, 2.45) is 11.8 Å². The Kier molecular flexibility index (Phi) is 5.15. The van der Waals surface area contributed by atoms with Gasteiger partial charge in [-0.05, 0) is 66.1 Å². The lowest BCUT2D eigenvalue weighted by molar-refractivity contribution is -0.126. The Morgan fingerprint density at radius 2 is 1.81 bits per heavy atom. The summed E-state index contributed by atoms with van der Waals surface area (Å²) >= 11 is 0. The van der Waals surface area contributed by atoms with Crippen molar-refractivity contribution in [1.29, 1.82) is 0 Å². The first-order valence-corrected chi connectivity index (χ1v) is 10.7. The molecular formula is C24H22F3N3O2. The Bertz CT molecular complexity index is 1200. The van der Waals surface area contributed by atoms with Gasteiger partial charge >= 0.3 is 0 Å². The van der Waals surface area contributed by atoms with E-state index in [1.807, 2.05) is 0 Å². The third-order valence-electron chi connectivity index (χ3n) is 6.55. The Hall–Kier alpha value is -3.29. The minimum Gasteiger partial charge on any atom is -0.356 e. The molecule has 1 aromatic heterocycles. The van der Waals surface area contributed by atoms with Gasteiger partial charge in [0.05, 0.1) is 17.1 Å². The van der Waals surface area contributed by atoms with Crippen molar-refractivity contribution in [1.82, 2.24) is 15.6 Å². The molecular weight excluding hydrogens is 419 g/mol. The summed E-state index contributed by atoms with van der Waals surface area (Å²) in [7, 11) is 0. The fourth-order valence-electron chi connectivity index (χ4n) is 4.83. The number of hydrogen-bond donors (Lipinski definition) is 3. The van der Waals surface area contributed by atoms with Gasteiger partial charge in [-0.25, -0.2) is 13.2 Å². The molecule has 2 aromatic carbocycles. The third-order valence-corrected chi connectivity index (χ3v) is 6.55. The molecule has 1 saturated heterocycles. The molecule has 3 N–H and O–H groups in total. The summed E-state index contributed by atoms with van der Waals surface area (Å²) in [4.78, 5) is 26.6. The Labute approximate surface area is 182 Å². The Morgan fingerprint density at radius 1 is 1.06 bits per heavy atom. The molecule has 5 nitrogen and oxygen atoms in total. The molecule has 1 unspecified atom stereocenters. The van der Waals surface area contributed by atoms with Gasteiger partial charge in [-0.1, -0.05) is 0 Å². The highest BCUT2D eigenvalue weighted by atomic mass is 19.1. The van der Waals surface area contributed by atoms with Gasteiger partial charge in [-0.2, -0.15) is 0 Å². The molecule has 0 spiro atoms. The van der Waals surface area contributed by atoms with Crippen molar-refractivity contribution in [3.05, 3.63) is 59.4 Å². The van der Waals surface area contributed by atoms with Crippen LogP contribution in [0.4, 0.5) is 13.2 Å². The number of aromatic amines is 1. The molecule has 5 rings (SSSR count). The van der Waals surface area contributed by atoms with E-state index in [1.165, 1.54) is 18.2 Å². The zero-order valence-electron chi connectivity index (χ0n) is 17.2. The van der Waals surface area contributed by atoms with Crippen LogP contribution in [0.15, 0.2) is 36.4 Å². The van der Waals surface area contributed by atoms with E-state index in [-0.39, 0.29) is 47.3 Å². The number of carbonyl (C=O) groups is 2. The van der Waals surface area contributed by atoms with Gasteiger partial charge in [0.25, 0.3) is 0 Å². The van der Waals surface area contributed by atoms with Crippen LogP contribution in [0.5, 0.6) is 0 Å². The minimum atomic E-state index is -0.669. The fourth-order valence-corrected chi connectivity index (χ4v) is 4.83. The quantitative estimate of drug-likeness (QED) is 0.560. The van der Waals surface area contributed by atoms with Crippen LogP contribution in [-0.4, -0.2) is 29.9 Å². The average molecular weight is 441 g/mol. The number of carbonyl (C=O) groups excluding carboxylic acids is 2. The maximum atomic E-state index is 14.5. The van der Waals surface area contributed by atoms with Crippen LogP contribution in [0.2, 0.25) is 0 Å². The molecule has 2 fully saturated rings. The van der Waals surface area contributed by atoms with E-state index in [4.69, 9.17) is 0 Å². The van der Waals surface area contributed by atoms with Crippen molar-refractivity contribution in [3.8, 4) is 11.3 Å². The van der Waals surface area contributed by atoms with E-state index in [0.29, 0.717) is 29.7 Å². The molecule has 3 aromatic rings. The number of H-pyrrole nitrogens is 1. The summed E-state index contributed by atoms with van der Waals surface area (Å²) in [6, 6.07) is 8.08. The largest absolute Gasteiger partial charge is 0.356 e. The number of aromatic nitrogens is 1. The molecule has 166 valence electrons. The lowest BCUT2D eigenvalue weighted by Crippen LogP contribution is -2.38. The van der Waals surface area contributed by atoms with Crippen molar-refractivity contribution < 1.29 is 22.8 Å². The first kappa shape index (κ1) is 20.6. The fraction of sp³-hybridized carbons (Fsp3) is 0.333. The number of fused-ring (bicyclic) bond motifs is 1. The molecule has 1 saturated carbocycles. The molecule has 2 aliphatic rings. The lowest BCUT2D eigenvalue weighted by atomic mass is 9.70. The van der Waals surface area contributed by atoms with Crippen LogP contribution in [0.1, 0.15) is 30.7 Å². The van der Waals surface area contributed by atoms with Crippen molar-refractivity contribution in [2.45, 2.75) is 25.2 Å². The highest BCUT2D eigenvalue weighted by Gasteiger charge is 2.35. The summed E-state index contributed by atoms with van der Waals surface area (Å²) < 4.78 is 41.9. The van der Waals surface area contributed by atoms with E-state index >= 15 is 0 Å². The minimum absolute atomic E-state index is 0.0571. The molecule has 8 heteroatoms. The number of hydrogen-bond acceptors (Lipinski definition) is 2. The van der Waals surface area contributed by atoms with Gasteiger partial charge in [-0.15, -0.1) is 0 Å². The SMILES string of the molecule is O=C1CC(C(=O)NC[C@H]2C[C@H](c3c(-c4ccc(F)cc4)[nH]c4c(F)cc(F)cc43)C2)CN1. The molecule has 32 heavy (non-hydrogen) atoms. The second-order valence-corrected chi connectivity index (χ2v) is 8.72. The standard InChI is InChI=1S/C24H22F3N3O2/c25-16-3-1-13(2-4-16)22-21(18-8-17(26)9-19(27)23(18)30-22)14-5-12(6-14)10-29-24(32)15-7-20(31)28-11-15/h1-4,8-9,12,14-15,30H,5-7,10-11H2,(H,28,31)(H,29,32)/t12-,14-,15?. The van der Waals surface area contributed by atoms with Crippen LogP contribution in [0.3, 0.4) is 0 Å². The maximum Gasteiger partial charge on any atom is 0.225 e. The summed E-state index contributed by atoms with van der Waals surface area (Å²) in [5.41, 5.74) is 2.41. The maximum absolute atomic E-state index is 14.5. The van der Waals surface area contributed by atoms with Crippen LogP contribution >= 0.6 is 0 Å². The van der Waals surface area contributed by atoms with Crippen LogP contribution in [-0.2, 0) is 9.59 Å². The van der Waals surface area contributed by atoms with E-state index in [2.05, 4.69) is 15.6 Å². The number of nitrogens with one attached hydrogen (secondary N) is 3. The van der Waals surface area contributed by atoms with Crippen LogP contribution in [0.25, 0.3) is 22.2 Å². The smallest absolute Gasteiger partial charge is 0.225 e. The van der Waals surface area contributed by atoms with E-state index < -0.39 is 11.6 Å².